The van der Waals surface area contributed by atoms with Gasteiger partial charge in [-0.3, -0.25) is 0 Å². The molecule has 0 saturated heterocycles. The van der Waals surface area contributed by atoms with Crippen molar-refractivity contribution in [2.75, 3.05) is 11.9 Å². The minimum Gasteiger partial charge on any atom is -0.365 e. The van der Waals surface area contributed by atoms with Gasteiger partial charge in [-0.1, -0.05) is 23.2 Å². The summed E-state index contributed by atoms with van der Waals surface area (Å²) in [6.07, 6.45) is 2.30. The highest BCUT2D eigenvalue weighted by molar-refractivity contribution is 6.31. The fraction of sp³-hybridized carbons (Fsp3) is 0.250. The number of nitrogens with zero attached hydrogens (tertiary/aromatic N) is 2. The molecule has 0 spiro atoms. The molecule has 0 radical (unpaired) electrons. The molecule has 6 rings (SSSR count). The van der Waals surface area contributed by atoms with Crippen molar-refractivity contribution in [1.29, 1.82) is 0 Å². The summed E-state index contributed by atoms with van der Waals surface area (Å²) in [4.78, 5) is 6.15. The fourth-order valence-corrected chi connectivity index (χ4v) is 6.12. The second-order valence-electron chi connectivity index (χ2n) is 8.59. The number of benzene rings is 2. The average molecular weight is 422 g/mol. The molecule has 1 aliphatic heterocycles. The maximum atomic E-state index is 6.46. The number of nitrogens with one attached hydrogen (secondary N) is 1. The lowest BCUT2D eigenvalue weighted by Gasteiger charge is -2.39. The second-order valence-corrected chi connectivity index (χ2v) is 9.47. The third-order valence-electron chi connectivity index (χ3n) is 7.19. The highest BCUT2D eigenvalue weighted by Gasteiger charge is 2.54. The smallest absolute Gasteiger partial charge is 0.0831 e. The zero-order valence-corrected chi connectivity index (χ0v) is 18.3. The Hall–Kier alpha value is -2.36. The van der Waals surface area contributed by atoms with Gasteiger partial charge >= 0.3 is 0 Å². The van der Waals surface area contributed by atoms with E-state index in [0.717, 1.165) is 15.6 Å². The molecule has 146 valence electrons. The lowest BCUT2D eigenvalue weighted by Crippen LogP contribution is -2.37. The minimum atomic E-state index is -0.200. The van der Waals surface area contributed by atoms with Gasteiger partial charge in [0.15, 0.2) is 0 Å². The molecule has 2 aromatic carbocycles. The van der Waals surface area contributed by atoms with Crippen molar-refractivity contribution >= 4 is 39.8 Å². The van der Waals surface area contributed by atoms with Gasteiger partial charge < -0.3 is 14.5 Å². The third kappa shape index (κ3) is 1.95. The molecule has 2 aromatic heterocycles. The highest BCUT2D eigenvalue weighted by Crippen LogP contribution is 2.63. The number of hydrogen-bond donors (Lipinski definition) is 1. The van der Waals surface area contributed by atoms with E-state index < -0.39 is 0 Å². The van der Waals surface area contributed by atoms with E-state index >= 15 is 0 Å². The van der Waals surface area contributed by atoms with Crippen LogP contribution in [0.4, 0.5) is 5.69 Å². The molecule has 4 aromatic rings. The quantitative estimate of drug-likeness (QED) is 0.339. The van der Waals surface area contributed by atoms with Crippen LogP contribution in [0, 0.1) is 6.92 Å². The van der Waals surface area contributed by atoms with E-state index in [1.165, 1.54) is 44.7 Å². The van der Waals surface area contributed by atoms with Crippen LogP contribution in [0.1, 0.15) is 35.5 Å². The number of halogens is 2. The van der Waals surface area contributed by atoms with Crippen LogP contribution in [-0.4, -0.2) is 16.6 Å². The summed E-state index contributed by atoms with van der Waals surface area (Å²) >= 11 is 12.9. The number of H-pyrrole nitrogens is 1. The Morgan fingerprint density at radius 2 is 1.69 bits per heavy atom. The van der Waals surface area contributed by atoms with E-state index in [1.54, 1.807) is 0 Å². The van der Waals surface area contributed by atoms with E-state index in [4.69, 9.17) is 23.2 Å². The molecule has 0 unspecified atom stereocenters. The van der Waals surface area contributed by atoms with Crippen molar-refractivity contribution in [2.24, 2.45) is 7.05 Å². The summed E-state index contributed by atoms with van der Waals surface area (Å²) in [6.45, 7) is 4.56. The number of aryl methyl sites for hydroxylation is 1. The van der Waals surface area contributed by atoms with Crippen LogP contribution in [-0.2, 0) is 12.5 Å². The first-order chi connectivity index (χ1) is 13.8. The summed E-state index contributed by atoms with van der Waals surface area (Å²) in [5.41, 5.74) is 9.91. The van der Waals surface area contributed by atoms with Gasteiger partial charge in [-0.25, -0.2) is 0 Å². The van der Waals surface area contributed by atoms with Crippen LogP contribution in [0.25, 0.3) is 22.0 Å². The predicted octanol–water partition coefficient (Wildman–Crippen LogP) is 6.60. The van der Waals surface area contributed by atoms with E-state index in [0.29, 0.717) is 0 Å². The standard InChI is InChI=1S/C24H21Cl2N3/c1-12-20-17(11-28(12)3)24(2)16-10-14(26)6-8-19(16)29(4)23(24)22-21(20)15-9-13(25)5-7-18(15)27-22/h5-11,23,27H,1-4H3/t23-,24+/m1/s1. The highest BCUT2D eigenvalue weighted by atomic mass is 35.5. The molecule has 0 bridgehead atoms. The number of rotatable bonds is 0. The molecule has 2 aliphatic rings. The topological polar surface area (TPSA) is 24.0 Å². The van der Waals surface area contributed by atoms with Gasteiger partial charge in [0.25, 0.3) is 0 Å². The van der Waals surface area contributed by atoms with Crippen molar-refractivity contribution in [3.8, 4) is 11.1 Å². The van der Waals surface area contributed by atoms with Gasteiger partial charge in [0, 0.05) is 74.9 Å². The third-order valence-corrected chi connectivity index (χ3v) is 7.66. The fourth-order valence-electron chi connectivity index (χ4n) is 5.78. The zero-order valence-electron chi connectivity index (χ0n) is 16.8. The molecule has 0 fully saturated rings. The molecule has 1 N–H and O–H groups in total. The van der Waals surface area contributed by atoms with Crippen molar-refractivity contribution in [2.45, 2.75) is 25.3 Å². The van der Waals surface area contributed by atoms with Crippen molar-refractivity contribution in [1.82, 2.24) is 9.55 Å². The first-order valence-corrected chi connectivity index (χ1v) is 10.6. The molecular weight excluding hydrogens is 401 g/mol. The van der Waals surface area contributed by atoms with E-state index in [1.807, 2.05) is 12.1 Å². The first kappa shape index (κ1) is 17.5. The largest absolute Gasteiger partial charge is 0.365 e. The molecule has 3 nitrogen and oxygen atoms in total. The average Bonchev–Trinajstić information content (AvgIpc) is 3.26. The molecule has 1 aliphatic carbocycles. The van der Waals surface area contributed by atoms with Gasteiger partial charge in [0.1, 0.15) is 0 Å². The maximum Gasteiger partial charge on any atom is 0.0831 e. The molecule has 5 heteroatoms. The lowest BCUT2D eigenvalue weighted by atomic mass is 9.66. The SMILES string of the molecule is Cc1c2c(cn1C)[C@]1(C)c3cc(Cl)ccc3N(C)[C@@H]1c1[nH]c3ccc(Cl)cc3c1-2. The number of aromatic nitrogens is 2. The van der Waals surface area contributed by atoms with E-state index in [2.05, 4.69) is 72.9 Å². The van der Waals surface area contributed by atoms with Crippen LogP contribution >= 0.6 is 23.2 Å². The summed E-state index contributed by atoms with van der Waals surface area (Å²) in [7, 11) is 4.32. The van der Waals surface area contributed by atoms with Gasteiger partial charge in [0.2, 0.25) is 0 Å². The van der Waals surface area contributed by atoms with Crippen molar-refractivity contribution in [3.05, 3.63) is 75.2 Å². The minimum absolute atomic E-state index is 0.159. The number of anilines is 1. The van der Waals surface area contributed by atoms with Crippen LogP contribution in [0.5, 0.6) is 0 Å². The molecule has 3 heterocycles. The molecule has 29 heavy (non-hydrogen) atoms. The van der Waals surface area contributed by atoms with Crippen molar-refractivity contribution < 1.29 is 0 Å². The number of likely N-dealkylation sites (N-methyl/N-ethyl adjacent to an activating group) is 1. The van der Waals surface area contributed by atoms with E-state index in [9.17, 15) is 0 Å². The molecule has 0 amide bonds. The summed E-state index contributed by atoms with van der Waals surface area (Å²) in [6, 6.07) is 12.6. The van der Waals surface area contributed by atoms with E-state index in [-0.39, 0.29) is 11.5 Å². The Balaban J connectivity index is 1.80. The van der Waals surface area contributed by atoms with Gasteiger partial charge in [0.05, 0.1) is 6.04 Å². The van der Waals surface area contributed by atoms with Crippen LogP contribution in [0.3, 0.4) is 0 Å². The summed E-state index contributed by atoms with van der Waals surface area (Å²) in [5, 5.41) is 2.73. The van der Waals surface area contributed by atoms with Gasteiger partial charge in [-0.2, -0.15) is 0 Å². The zero-order chi connectivity index (χ0) is 20.2. The predicted molar refractivity (Wildman–Crippen MR) is 122 cm³/mol. The summed E-state index contributed by atoms with van der Waals surface area (Å²) < 4.78 is 2.24. The normalized spacial score (nSPS) is 21.9. The van der Waals surface area contributed by atoms with Gasteiger partial charge in [-0.15, -0.1) is 0 Å². The first-order valence-electron chi connectivity index (χ1n) is 9.83. The Morgan fingerprint density at radius 1 is 0.966 bits per heavy atom. The maximum absolute atomic E-state index is 6.46. The lowest BCUT2D eigenvalue weighted by molar-refractivity contribution is 0.464. The monoisotopic (exact) mass is 421 g/mol. The van der Waals surface area contributed by atoms with Crippen LogP contribution < -0.4 is 4.90 Å². The second kappa shape index (κ2) is 5.41. The Morgan fingerprint density at radius 3 is 2.48 bits per heavy atom. The number of aromatic amines is 1. The Kier molecular flexibility index (Phi) is 3.26. The molecular formula is C24H21Cl2N3. The number of fused-ring (bicyclic) bond motifs is 10. The number of hydrogen-bond acceptors (Lipinski definition) is 1. The van der Waals surface area contributed by atoms with Crippen molar-refractivity contribution in [3.63, 3.8) is 0 Å². The Labute approximate surface area is 179 Å². The molecule has 0 saturated carbocycles. The molecule has 2 atom stereocenters. The van der Waals surface area contributed by atoms with Gasteiger partial charge in [-0.05, 0) is 61.4 Å². The summed E-state index contributed by atoms with van der Waals surface area (Å²) in [5.74, 6) is 0. The van der Waals surface area contributed by atoms with Crippen LogP contribution in [0.15, 0.2) is 42.6 Å². The Bertz CT molecular complexity index is 1350. The van der Waals surface area contributed by atoms with Crippen LogP contribution in [0.2, 0.25) is 10.0 Å².